The Hall–Kier alpha value is -3.13. The number of sulfone groups is 1. The molecule has 1 aromatic heterocycles. The maximum absolute atomic E-state index is 11.8. The highest BCUT2D eigenvalue weighted by Crippen LogP contribution is 2.16. The highest BCUT2D eigenvalue weighted by molar-refractivity contribution is 7.90. The smallest absolute Gasteiger partial charge is 0.191 e. The van der Waals surface area contributed by atoms with E-state index in [0.717, 1.165) is 29.9 Å². The fraction of sp³-hybridized carbons (Fsp3) is 0.304. The molecule has 0 saturated carbocycles. The maximum atomic E-state index is 11.8. The van der Waals surface area contributed by atoms with Crippen LogP contribution in [0.3, 0.4) is 0 Å². The Kier molecular flexibility index (Phi) is 7.46. The van der Waals surface area contributed by atoms with Gasteiger partial charge in [0.2, 0.25) is 0 Å². The Morgan fingerprint density at radius 2 is 1.87 bits per heavy atom. The number of guanidine groups is 1. The van der Waals surface area contributed by atoms with E-state index in [0.29, 0.717) is 23.9 Å². The number of aromatic nitrogens is 2. The van der Waals surface area contributed by atoms with E-state index in [9.17, 15) is 8.42 Å². The number of rotatable bonds is 8. The van der Waals surface area contributed by atoms with Gasteiger partial charge >= 0.3 is 0 Å². The van der Waals surface area contributed by atoms with Crippen molar-refractivity contribution in [1.82, 2.24) is 20.2 Å². The highest BCUT2D eigenvalue weighted by atomic mass is 32.2. The monoisotopic (exact) mass is 439 g/mol. The average molecular weight is 440 g/mol. The van der Waals surface area contributed by atoms with E-state index in [1.165, 1.54) is 11.8 Å². The zero-order valence-corrected chi connectivity index (χ0v) is 19.0. The number of hydrogen-bond acceptors (Lipinski definition) is 4. The van der Waals surface area contributed by atoms with Crippen LogP contribution in [0, 0.1) is 6.92 Å². The first-order chi connectivity index (χ1) is 14.9. The van der Waals surface area contributed by atoms with Crippen LogP contribution in [-0.4, -0.2) is 43.8 Å². The molecule has 0 aliphatic heterocycles. The minimum absolute atomic E-state index is 0.366. The van der Waals surface area contributed by atoms with Crippen molar-refractivity contribution in [2.75, 3.05) is 19.8 Å². The summed E-state index contributed by atoms with van der Waals surface area (Å²) in [6.07, 6.45) is 5.82. The van der Waals surface area contributed by atoms with Gasteiger partial charge in [-0.25, -0.2) is 13.4 Å². The van der Waals surface area contributed by atoms with Crippen molar-refractivity contribution in [3.8, 4) is 0 Å². The van der Waals surface area contributed by atoms with Gasteiger partial charge in [-0.15, -0.1) is 0 Å². The molecule has 2 aromatic carbocycles. The Labute approximate surface area is 184 Å². The van der Waals surface area contributed by atoms with E-state index in [1.54, 1.807) is 13.1 Å². The molecule has 0 fully saturated rings. The predicted molar refractivity (Wildman–Crippen MR) is 124 cm³/mol. The molecule has 0 atom stereocenters. The average Bonchev–Trinajstić information content (AvgIpc) is 3.17. The van der Waals surface area contributed by atoms with Crippen LogP contribution in [0.15, 0.2) is 70.8 Å². The summed E-state index contributed by atoms with van der Waals surface area (Å²) < 4.78 is 25.7. The molecule has 0 amide bonds. The van der Waals surface area contributed by atoms with Crippen LogP contribution in [0.4, 0.5) is 0 Å². The molecule has 1 heterocycles. The van der Waals surface area contributed by atoms with Crippen LogP contribution >= 0.6 is 0 Å². The van der Waals surface area contributed by atoms with Gasteiger partial charge in [0.1, 0.15) is 5.82 Å². The first-order valence-corrected chi connectivity index (χ1v) is 12.0. The van der Waals surface area contributed by atoms with Crippen LogP contribution < -0.4 is 10.6 Å². The molecular formula is C23H29N5O2S. The molecular weight excluding hydrogens is 410 g/mol. The first-order valence-electron chi connectivity index (χ1n) is 10.1. The molecule has 31 heavy (non-hydrogen) atoms. The van der Waals surface area contributed by atoms with Gasteiger partial charge in [0.15, 0.2) is 15.8 Å². The van der Waals surface area contributed by atoms with Crippen molar-refractivity contribution in [2.24, 2.45) is 4.99 Å². The number of imidazole rings is 1. The lowest BCUT2D eigenvalue weighted by Gasteiger charge is -2.13. The summed E-state index contributed by atoms with van der Waals surface area (Å²) in [5, 5.41) is 6.58. The second-order valence-corrected chi connectivity index (χ2v) is 9.42. The van der Waals surface area contributed by atoms with Gasteiger partial charge in [0.05, 0.1) is 4.90 Å². The Balaban J connectivity index is 1.51. The van der Waals surface area contributed by atoms with Crippen LogP contribution in [0.5, 0.6) is 0 Å². The third kappa shape index (κ3) is 6.42. The molecule has 0 spiro atoms. The van der Waals surface area contributed by atoms with Gasteiger partial charge < -0.3 is 15.2 Å². The van der Waals surface area contributed by atoms with E-state index in [2.05, 4.69) is 37.3 Å². The third-order valence-electron chi connectivity index (χ3n) is 4.96. The lowest BCUT2D eigenvalue weighted by molar-refractivity contribution is 0.601. The number of aliphatic imine (C=N–C) groups is 1. The van der Waals surface area contributed by atoms with Crippen LogP contribution in [0.2, 0.25) is 0 Å². The molecule has 3 rings (SSSR count). The van der Waals surface area contributed by atoms with Gasteiger partial charge in [0.25, 0.3) is 0 Å². The van der Waals surface area contributed by atoms with E-state index < -0.39 is 9.84 Å². The van der Waals surface area contributed by atoms with Gasteiger partial charge in [-0.3, -0.25) is 4.99 Å². The van der Waals surface area contributed by atoms with Crippen molar-refractivity contribution in [1.29, 1.82) is 0 Å². The van der Waals surface area contributed by atoms with Crippen molar-refractivity contribution in [2.45, 2.75) is 31.3 Å². The number of aryl methyl sites for hydroxylation is 1. The van der Waals surface area contributed by atoms with E-state index in [-0.39, 0.29) is 0 Å². The molecule has 0 aliphatic carbocycles. The van der Waals surface area contributed by atoms with E-state index in [1.807, 2.05) is 49.6 Å². The molecule has 164 valence electrons. The molecule has 8 heteroatoms. The summed E-state index contributed by atoms with van der Waals surface area (Å²) in [6.45, 7) is 3.85. The zero-order valence-electron chi connectivity index (χ0n) is 18.2. The summed E-state index contributed by atoms with van der Waals surface area (Å²) in [5.74, 6) is 1.70. The molecule has 0 saturated heterocycles. The van der Waals surface area contributed by atoms with Gasteiger partial charge in [-0.2, -0.15) is 0 Å². The summed E-state index contributed by atoms with van der Waals surface area (Å²) in [4.78, 5) is 9.11. The second kappa shape index (κ2) is 10.3. The van der Waals surface area contributed by atoms with Crippen LogP contribution in [0.1, 0.15) is 22.5 Å². The predicted octanol–water partition coefficient (Wildman–Crippen LogP) is 2.55. The topological polar surface area (TPSA) is 88.4 Å². The van der Waals surface area contributed by atoms with Crippen molar-refractivity contribution in [3.05, 3.63) is 83.4 Å². The molecule has 0 radical (unpaired) electrons. The largest absolute Gasteiger partial charge is 0.356 e. The lowest BCUT2D eigenvalue weighted by Crippen LogP contribution is -2.38. The SMILES string of the molecule is CN=C(NCCc1nccn1Cc1ccccc1)NCc1ccc(S(C)(=O)=O)c(C)c1. The van der Waals surface area contributed by atoms with Gasteiger partial charge in [0, 0.05) is 51.8 Å². The number of nitrogens with zero attached hydrogens (tertiary/aromatic N) is 3. The highest BCUT2D eigenvalue weighted by Gasteiger charge is 2.11. The fourth-order valence-corrected chi connectivity index (χ4v) is 4.39. The zero-order chi connectivity index (χ0) is 22.3. The lowest BCUT2D eigenvalue weighted by atomic mass is 10.1. The van der Waals surface area contributed by atoms with Crippen LogP contribution in [-0.2, 0) is 29.3 Å². The maximum Gasteiger partial charge on any atom is 0.191 e. The molecule has 3 aromatic rings. The van der Waals surface area contributed by atoms with Gasteiger partial charge in [-0.05, 0) is 29.7 Å². The molecule has 0 aliphatic rings. The molecule has 2 N–H and O–H groups in total. The second-order valence-electron chi connectivity index (χ2n) is 7.43. The first kappa shape index (κ1) is 22.6. The summed E-state index contributed by atoms with van der Waals surface area (Å²) >= 11 is 0. The van der Waals surface area contributed by atoms with E-state index >= 15 is 0 Å². The van der Waals surface area contributed by atoms with E-state index in [4.69, 9.17) is 0 Å². The third-order valence-corrected chi connectivity index (χ3v) is 6.22. The minimum atomic E-state index is -3.21. The normalized spacial score (nSPS) is 12.0. The van der Waals surface area contributed by atoms with Gasteiger partial charge in [-0.1, -0.05) is 42.5 Å². The standard InChI is InChI=1S/C23H29N5O2S/c1-18-15-20(9-10-21(18)31(3,29)30)16-27-23(24-2)26-12-11-22-25-13-14-28(22)17-19-7-5-4-6-8-19/h4-10,13-15H,11-12,16-17H2,1-3H3,(H2,24,26,27). The number of benzene rings is 2. The number of nitrogens with one attached hydrogen (secondary N) is 2. The fourth-order valence-electron chi connectivity index (χ4n) is 3.43. The Morgan fingerprint density at radius 1 is 1.10 bits per heavy atom. The van der Waals surface area contributed by atoms with Crippen molar-refractivity contribution in [3.63, 3.8) is 0 Å². The minimum Gasteiger partial charge on any atom is -0.356 e. The number of hydrogen-bond donors (Lipinski definition) is 2. The quantitative estimate of drug-likeness (QED) is 0.416. The molecule has 0 unspecified atom stereocenters. The van der Waals surface area contributed by atoms with Crippen LogP contribution in [0.25, 0.3) is 0 Å². The Bertz CT molecular complexity index is 1140. The van der Waals surface area contributed by atoms with Crippen molar-refractivity contribution < 1.29 is 8.42 Å². The molecule has 0 bridgehead atoms. The summed E-state index contributed by atoms with van der Waals surface area (Å²) in [7, 11) is -1.48. The Morgan fingerprint density at radius 3 is 2.55 bits per heavy atom. The molecule has 7 nitrogen and oxygen atoms in total. The van der Waals surface area contributed by atoms with Crippen molar-refractivity contribution >= 4 is 15.8 Å². The summed E-state index contributed by atoms with van der Waals surface area (Å²) in [6, 6.07) is 15.7. The summed E-state index contributed by atoms with van der Waals surface area (Å²) in [5.41, 5.74) is 2.98.